The average Bonchev–Trinajstić information content (AvgIpc) is 3.18. The van der Waals surface area contributed by atoms with Gasteiger partial charge in [-0.2, -0.15) is 9.67 Å². The highest BCUT2D eigenvalue weighted by Gasteiger charge is 2.33. The molecule has 0 saturated carbocycles. The minimum absolute atomic E-state index is 0.0678. The number of aromatic nitrogens is 3. The van der Waals surface area contributed by atoms with Crippen molar-refractivity contribution in [3.05, 3.63) is 82.3 Å². The molecule has 1 aliphatic rings. The second kappa shape index (κ2) is 7.10. The number of hydrogen-bond acceptors (Lipinski definition) is 4. The molecule has 142 valence electrons. The molecule has 28 heavy (non-hydrogen) atoms. The molecule has 0 spiro atoms. The lowest BCUT2D eigenvalue weighted by Crippen LogP contribution is -2.37. The summed E-state index contributed by atoms with van der Waals surface area (Å²) < 4.78 is 15.0. The second-order valence-corrected chi connectivity index (χ2v) is 6.30. The van der Waals surface area contributed by atoms with Crippen LogP contribution in [0.5, 0.6) is 0 Å². The number of carbonyl (C=O) groups excluding carboxylic acids is 2. The van der Waals surface area contributed by atoms with E-state index < -0.39 is 17.5 Å². The van der Waals surface area contributed by atoms with Gasteiger partial charge in [-0.05, 0) is 29.8 Å². The predicted molar refractivity (Wildman–Crippen MR) is 98.2 cm³/mol. The van der Waals surface area contributed by atoms with Gasteiger partial charge in [0.05, 0.1) is 6.54 Å². The molecule has 0 bridgehead atoms. The molecule has 2 aromatic carbocycles. The van der Waals surface area contributed by atoms with E-state index >= 15 is 0 Å². The van der Waals surface area contributed by atoms with Gasteiger partial charge >= 0.3 is 11.7 Å². The van der Waals surface area contributed by atoms with Gasteiger partial charge in [-0.15, -0.1) is 0 Å². The number of nitrogens with one attached hydrogen (secondary N) is 1. The first-order chi connectivity index (χ1) is 13.5. The first-order valence-electron chi connectivity index (χ1n) is 8.60. The van der Waals surface area contributed by atoms with E-state index in [0.717, 1.165) is 14.8 Å². The van der Waals surface area contributed by atoms with Crippen molar-refractivity contribution in [3.63, 3.8) is 0 Å². The van der Waals surface area contributed by atoms with Crippen molar-refractivity contribution < 1.29 is 14.0 Å². The monoisotopic (exact) mass is 381 g/mol. The van der Waals surface area contributed by atoms with Gasteiger partial charge in [0.15, 0.2) is 5.82 Å². The van der Waals surface area contributed by atoms with Crippen molar-refractivity contribution in [2.75, 3.05) is 4.90 Å². The third kappa shape index (κ3) is 3.29. The third-order valence-electron chi connectivity index (χ3n) is 4.39. The zero-order chi connectivity index (χ0) is 19.7. The Morgan fingerprint density at radius 3 is 2.46 bits per heavy atom. The van der Waals surface area contributed by atoms with Crippen LogP contribution in [-0.4, -0.2) is 26.3 Å². The smallest absolute Gasteiger partial charge is 0.350 e. The quantitative estimate of drug-likeness (QED) is 0.725. The number of rotatable bonds is 5. The van der Waals surface area contributed by atoms with Gasteiger partial charge in [0.2, 0.25) is 5.91 Å². The van der Waals surface area contributed by atoms with Crippen LogP contribution in [0.2, 0.25) is 0 Å². The Morgan fingerprint density at radius 2 is 1.79 bits per heavy atom. The Labute approximate surface area is 158 Å². The van der Waals surface area contributed by atoms with Crippen LogP contribution >= 0.6 is 0 Å². The van der Waals surface area contributed by atoms with Gasteiger partial charge in [-0.3, -0.25) is 9.69 Å². The zero-order valence-electron chi connectivity index (χ0n) is 14.7. The van der Waals surface area contributed by atoms with Crippen molar-refractivity contribution in [3.8, 4) is 0 Å². The highest BCUT2D eigenvalue weighted by atomic mass is 19.1. The zero-order valence-corrected chi connectivity index (χ0v) is 14.7. The van der Waals surface area contributed by atoms with Crippen LogP contribution in [0.25, 0.3) is 0 Å². The molecule has 8 nitrogen and oxygen atoms in total. The molecular weight excluding hydrogens is 365 g/mol. The van der Waals surface area contributed by atoms with Gasteiger partial charge in [-0.1, -0.05) is 30.3 Å². The van der Waals surface area contributed by atoms with Gasteiger partial charge in [0.1, 0.15) is 12.4 Å². The summed E-state index contributed by atoms with van der Waals surface area (Å²) in [7, 11) is 0. The average molecular weight is 381 g/mol. The standard InChI is InChI=1S/C19H16FN5O3/c20-14-6-8-15(9-7-14)23-11-16-22-24(19(28)25(16)18(23)27)12-17(26)21-10-13-4-2-1-3-5-13/h1-9H,10-12H2,(H,21,26). The highest BCUT2D eigenvalue weighted by Crippen LogP contribution is 2.22. The molecule has 2 heterocycles. The largest absolute Gasteiger partial charge is 0.354 e. The van der Waals surface area contributed by atoms with E-state index in [4.69, 9.17) is 0 Å². The summed E-state index contributed by atoms with van der Waals surface area (Å²) in [5.41, 5.74) is 0.712. The van der Waals surface area contributed by atoms with E-state index in [1.54, 1.807) is 0 Å². The van der Waals surface area contributed by atoms with Crippen LogP contribution in [0.1, 0.15) is 11.4 Å². The fourth-order valence-electron chi connectivity index (χ4n) is 2.99. The van der Waals surface area contributed by atoms with E-state index in [2.05, 4.69) is 10.4 Å². The maximum atomic E-state index is 13.1. The Kier molecular flexibility index (Phi) is 4.48. The Morgan fingerprint density at radius 1 is 1.07 bits per heavy atom. The van der Waals surface area contributed by atoms with Gasteiger partial charge in [0.25, 0.3) is 0 Å². The SMILES string of the molecule is O=C(Cn1nc2n(c1=O)C(=O)N(c1ccc(F)cc1)C2)NCc1ccccc1. The lowest BCUT2D eigenvalue weighted by molar-refractivity contribution is -0.122. The minimum Gasteiger partial charge on any atom is -0.350 e. The summed E-state index contributed by atoms with van der Waals surface area (Å²) in [6.45, 7) is 0.118. The predicted octanol–water partition coefficient (Wildman–Crippen LogP) is 1.49. The Bertz CT molecular complexity index is 1090. The van der Waals surface area contributed by atoms with Crippen molar-refractivity contribution in [2.45, 2.75) is 19.6 Å². The Hall–Kier alpha value is -3.75. The van der Waals surface area contributed by atoms with Crippen LogP contribution in [0.15, 0.2) is 59.4 Å². The van der Waals surface area contributed by atoms with Crippen LogP contribution < -0.4 is 15.9 Å². The number of hydrogen-bond donors (Lipinski definition) is 1. The first-order valence-corrected chi connectivity index (χ1v) is 8.60. The van der Waals surface area contributed by atoms with Crippen LogP contribution in [0, 0.1) is 5.82 Å². The molecular formula is C19H16FN5O3. The molecule has 9 heteroatoms. The van der Waals surface area contributed by atoms with E-state index in [0.29, 0.717) is 12.2 Å². The van der Waals surface area contributed by atoms with E-state index in [1.165, 1.54) is 29.2 Å². The molecule has 0 radical (unpaired) electrons. The van der Waals surface area contributed by atoms with E-state index in [9.17, 15) is 18.8 Å². The van der Waals surface area contributed by atoms with Crippen molar-refractivity contribution >= 4 is 17.6 Å². The molecule has 0 aliphatic carbocycles. The maximum absolute atomic E-state index is 13.1. The van der Waals surface area contributed by atoms with Crippen LogP contribution in [-0.2, 0) is 24.4 Å². The van der Waals surface area contributed by atoms with Crippen molar-refractivity contribution in [1.82, 2.24) is 19.7 Å². The molecule has 0 unspecified atom stereocenters. The number of fused-ring (bicyclic) bond motifs is 1. The molecule has 1 N–H and O–H groups in total. The number of carbonyl (C=O) groups is 2. The number of benzene rings is 2. The van der Waals surface area contributed by atoms with E-state index in [1.807, 2.05) is 30.3 Å². The topological polar surface area (TPSA) is 89.2 Å². The van der Waals surface area contributed by atoms with Crippen molar-refractivity contribution in [2.24, 2.45) is 0 Å². The van der Waals surface area contributed by atoms with Crippen LogP contribution in [0.3, 0.4) is 0 Å². The van der Waals surface area contributed by atoms with Crippen molar-refractivity contribution in [1.29, 1.82) is 0 Å². The summed E-state index contributed by atoms with van der Waals surface area (Å²) in [5.74, 6) is -0.572. The van der Waals surface area contributed by atoms with Crippen LogP contribution in [0.4, 0.5) is 14.9 Å². The lowest BCUT2D eigenvalue weighted by atomic mass is 10.2. The first kappa shape index (κ1) is 17.7. The fraction of sp³-hybridized carbons (Fsp3) is 0.158. The molecule has 2 amide bonds. The molecule has 0 saturated heterocycles. The number of halogens is 1. The summed E-state index contributed by atoms with van der Waals surface area (Å²) in [6.07, 6.45) is 0. The van der Waals surface area contributed by atoms with Gasteiger partial charge in [0, 0.05) is 12.2 Å². The molecule has 0 fully saturated rings. The fourth-order valence-corrected chi connectivity index (χ4v) is 2.99. The normalized spacial score (nSPS) is 12.9. The van der Waals surface area contributed by atoms with Gasteiger partial charge in [-0.25, -0.2) is 18.7 Å². The second-order valence-electron chi connectivity index (χ2n) is 6.30. The third-order valence-corrected chi connectivity index (χ3v) is 4.39. The van der Waals surface area contributed by atoms with E-state index in [-0.39, 0.29) is 24.8 Å². The molecule has 3 aromatic rings. The summed E-state index contributed by atoms with van der Waals surface area (Å²) in [5, 5.41) is 6.81. The minimum atomic E-state index is -0.681. The van der Waals surface area contributed by atoms with Gasteiger partial charge < -0.3 is 5.32 Å². The Balaban J connectivity index is 1.45. The molecule has 1 aromatic heterocycles. The number of amides is 2. The highest BCUT2D eigenvalue weighted by molar-refractivity contribution is 5.96. The molecule has 1 aliphatic heterocycles. The summed E-state index contributed by atoms with van der Waals surface area (Å²) >= 11 is 0. The summed E-state index contributed by atoms with van der Waals surface area (Å²) in [6, 6.07) is 14.2. The number of nitrogens with zero attached hydrogens (tertiary/aromatic N) is 4. The maximum Gasteiger partial charge on any atom is 0.354 e. The molecule has 4 rings (SSSR count). The number of anilines is 1. The lowest BCUT2D eigenvalue weighted by Gasteiger charge is -2.14. The summed E-state index contributed by atoms with van der Waals surface area (Å²) in [4.78, 5) is 38.5. The molecule has 0 atom stereocenters.